The van der Waals surface area contributed by atoms with E-state index in [0.717, 1.165) is 25.7 Å². The fraction of sp³-hybridized carbons (Fsp3) is 0.375. The number of hydrogen-bond acceptors (Lipinski definition) is 6. The molecule has 5 rings (SSSR count). The molecule has 0 atom stereocenters. The summed E-state index contributed by atoms with van der Waals surface area (Å²) in [5.41, 5.74) is 18.4. The maximum atomic E-state index is 14.3. The topological polar surface area (TPSA) is 231 Å². The molecule has 2 aliphatic carbocycles. The molecule has 46 heavy (non-hydrogen) atoms. The molecular formula is C32H40N10O4. The van der Waals surface area contributed by atoms with Crippen molar-refractivity contribution in [3.05, 3.63) is 71.3 Å². The summed E-state index contributed by atoms with van der Waals surface area (Å²) in [5.74, 6) is -1.01. The van der Waals surface area contributed by atoms with E-state index in [0.29, 0.717) is 47.7 Å². The first-order chi connectivity index (χ1) is 22.0. The number of amides is 4. The van der Waals surface area contributed by atoms with Gasteiger partial charge in [-0.1, -0.05) is 0 Å². The number of benzene rings is 1. The minimum atomic E-state index is -0.619. The highest BCUT2D eigenvalue weighted by atomic mass is 16.2. The Labute approximate surface area is 266 Å². The highest BCUT2D eigenvalue weighted by molar-refractivity contribution is 6.12. The standard InChI is InChI=1S/C32H40N10O4/c33-27(34)9-11-38-30(44)25-13-23(17-40(25)15-19-1-2-19)42(32(46)22-7-5-21(6-8-22)29(37)43)24-14-26(31(45)39-12-10-28(35)36)41(18-24)16-20-3-4-20/h5-8,13-14,17-20H,1-4,9-12,15-16H2,(H3,33,34)(H3,35,36)(H2,37,43)(H,38,44)(H,39,45). The molecule has 2 aromatic heterocycles. The Morgan fingerprint density at radius 2 is 1.13 bits per heavy atom. The predicted molar refractivity (Wildman–Crippen MR) is 173 cm³/mol. The summed E-state index contributed by atoms with van der Waals surface area (Å²) in [6.07, 6.45) is 8.11. The van der Waals surface area contributed by atoms with Crippen molar-refractivity contribution in [2.45, 2.75) is 51.6 Å². The molecule has 242 valence electrons. The zero-order chi connectivity index (χ0) is 33.0. The molecule has 2 fully saturated rings. The fourth-order valence-electron chi connectivity index (χ4n) is 5.17. The van der Waals surface area contributed by atoms with Crippen LogP contribution in [0.2, 0.25) is 0 Å². The summed E-state index contributed by atoms with van der Waals surface area (Å²) < 4.78 is 3.67. The minimum Gasteiger partial charge on any atom is -0.388 e. The summed E-state index contributed by atoms with van der Waals surface area (Å²) in [7, 11) is 0. The van der Waals surface area contributed by atoms with E-state index in [9.17, 15) is 19.2 Å². The van der Waals surface area contributed by atoms with E-state index >= 15 is 0 Å². The number of anilines is 2. The van der Waals surface area contributed by atoms with Crippen LogP contribution in [0.15, 0.2) is 48.8 Å². The van der Waals surface area contributed by atoms with Crippen molar-refractivity contribution in [1.82, 2.24) is 19.8 Å². The Morgan fingerprint density at radius 3 is 1.50 bits per heavy atom. The molecule has 10 N–H and O–H groups in total. The highest BCUT2D eigenvalue weighted by Gasteiger charge is 2.30. The highest BCUT2D eigenvalue weighted by Crippen LogP contribution is 2.37. The maximum absolute atomic E-state index is 14.3. The van der Waals surface area contributed by atoms with Gasteiger partial charge in [-0.3, -0.25) is 34.9 Å². The van der Waals surface area contributed by atoms with Crippen molar-refractivity contribution >= 4 is 46.7 Å². The lowest BCUT2D eigenvalue weighted by molar-refractivity contribution is 0.0937. The van der Waals surface area contributed by atoms with Crippen LogP contribution < -0.4 is 32.7 Å². The molecule has 0 radical (unpaired) electrons. The first-order valence-corrected chi connectivity index (χ1v) is 15.4. The van der Waals surface area contributed by atoms with Gasteiger partial charge in [-0.05, 0) is 73.9 Å². The second-order valence-electron chi connectivity index (χ2n) is 12.0. The lowest BCUT2D eigenvalue weighted by atomic mass is 10.1. The van der Waals surface area contributed by atoms with Crippen LogP contribution in [0.1, 0.15) is 80.2 Å². The van der Waals surface area contributed by atoms with E-state index < -0.39 is 11.8 Å². The van der Waals surface area contributed by atoms with Crippen LogP contribution in [0.3, 0.4) is 0 Å². The average molecular weight is 629 g/mol. The zero-order valence-corrected chi connectivity index (χ0v) is 25.6. The van der Waals surface area contributed by atoms with Gasteiger partial charge in [0.05, 0.1) is 23.0 Å². The van der Waals surface area contributed by atoms with E-state index in [1.165, 1.54) is 29.2 Å². The largest absolute Gasteiger partial charge is 0.388 e. The van der Waals surface area contributed by atoms with Crippen LogP contribution in [0.5, 0.6) is 0 Å². The predicted octanol–water partition coefficient (Wildman–Crippen LogP) is 2.30. The monoisotopic (exact) mass is 628 g/mol. The zero-order valence-electron chi connectivity index (χ0n) is 25.6. The molecule has 0 aliphatic heterocycles. The second-order valence-corrected chi connectivity index (χ2v) is 12.0. The second kappa shape index (κ2) is 13.7. The lowest BCUT2D eigenvalue weighted by Crippen LogP contribution is -2.29. The quantitative estimate of drug-likeness (QED) is 0.0928. The van der Waals surface area contributed by atoms with Crippen molar-refractivity contribution in [2.24, 2.45) is 29.0 Å². The van der Waals surface area contributed by atoms with Crippen LogP contribution in [0.25, 0.3) is 0 Å². The van der Waals surface area contributed by atoms with Crippen molar-refractivity contribution in [3.8, 4) is 0 Å². The van der Waals surface area contributed by atoms with Gasteiger partial charge in [-0.2, -0.15) is 0 Å². The van der Waals surface area contributed by atoms with Crippen LogP contribution in [0, 0.1) is 22.7 Å². The fourth-order valence-corrected chi connectivity index (χ4v) is 5.17. The SMILES string of the molecule is N=C(N)CCNC(=O)c1cc(N(C(=O)c2ccc(C(N)=O)cc2)c2cc(C(=O)NCCC(=N)N)n(CC3CC3)c2)cn1CC1CC1. The molecule has 0 unspecified atom stereocenters. The molecule has 2 heterocycles. The normalized spacial score (nSPS) is 14.0. The first kappa shape index (κ1) is 32.0. The van der Waals surface area contributed by atoms with E-state index in [-0.39, 0.29) is 60.5 Å². The van der Waals surface area contributed by atoms with Crippen LogP contribution in [-0.2, 0) is 13.1 Å². The molecule has 2 saturated carbocycles. The van der Waals surface area contributed by atoms with E-state index in [2.05, 4.69) is 10.6 Å². The van der Waals surface area contributed by atoms with Crippen LogP contribution >= 0.6 is 0 Å². The third kappa shape index (κ3) is 8.00. The summed E-state index contributed by atoms with van der Waals surface area (Å²) >= 11 is 0. The third-order valence-corrected chi connectivity index (χ3v) is 8.03. The molecular weight excluding hydrogens is 588 g/mol. The number of carbonyl (C=O) groups is 4. The molecule has 1 aromatic carbocycles. The number of nitrogens with two attached hydrogens (primary N) is 3. The summed E-state index contributed by atoms with van der Waals surface area (Å²) in [4.78, 5) is 54.1. The number of carbonyl (C=O) groups excluding carboxylic acids is 4. The Bertz CT molecular complexity index is 1580. The molecule has 4 amide bonds. The molecule has 0 bridgehead atoms. The van der Waals surface area contributed by atoms with Crippen molar-refractivity contribution < 1.29 is 19.2 Å². The maximum Gasteiger partial charge on any atom is 0.267 e. The van der Waals surface area contributed by atoms with Crippen LogP contribution in [0.4, 0.5) is 11.4 Å². The number of rotatable bonds is 16. The summed E-state index contributed by atoms with van der Waals surface area (Å²) in [6, 6.07) is 9.28. The lowest BCUT2D eigenvalue weighted by Gasteiger charge is -2.20. The van der Waals surface area contributed by atoms with Gasteiger partial charge in [-0.15, -0.1) is 0 Å². The molecule has 0 saturated heterocycles. The first-order valence-electron chi connectivity index (χ1n) is 15.4. The Balaban J connectivity index is 1.55. The smallest absolute Gasteiger partial charge is 0.267 e. The molecule has 0 spiro atoms. The molecule has 3 aromatic rings. The van der Waals surface area contributed by atoms with Crippen LogP contribution in [-0.4, -0.2) is 57.5 Å². The Kier molecular flexibility index (Phi) is 9.54. The van der Waals surface area contributed by atoms with Crippen molar-refractivity contribution in [1.29, 1.82) is 10.8 Å². The summed E-state index contributed by atoms with van der Waals surface area (Å²) in [5, 5.41) is 20.5. The molecule has 14 heteroatoms. The summed E-state index contributed by atoms with van der Waals surface area (Å²) in [6.45, 7) is 1.58. The van der Waals surface area contributed by atoms with E-state index in [4.69, 9.17) is 28.0 Å². The van der Waals surface area contributed by atoms with Gasteiger partial charge in [0.15, 0.2) is 0 Å². The Hall–Kier alpha value is -5.40. The van der Waals surface area contributed by atoms with Gasteiger partial charge in [0.2, 0.25) is 5.91 Å². The number of aromatic nitrogens is 2. The van der Waals surface area contributed by atoms with Crippen molar-refractivity contribution in [3.63, 3.8) is 0 Å². The van der Waals surface area contributed by atoms with Gasteiger partial charge in [-0.25, -0.2) is 0 Å². The molecule has 2 aliphatic rings. The van der Waals surface area contributed by atoms with Gasteiger partial charge >= 0.3 is 0 Å². The van der Waals surface area contributed by atoms with Crippen molar-refractivity contribution in [2.75, 3.05) is 18.0 Å². The Morgan fingerprint density at radius 1 is 0.717 bits per heavy atom. The van der Waals surface area contributed by atoms with E-state index in [1.807, 2.05) is 9.13 Å². The number of primary amides is 1. The average Bonchev–Trinajstić information content (AvgIpc) is 3.92. The van der Waals surface area contributed by atoms with Gasteiger partial charge in [0, 0.05) is 62.5 Å². The van der Waals surface area contributed by atoms with Gasteiger partial charge in [0.25, 0.3) is 17.7 Å². The number of nitrogens with zero attached hydrogens (tertiary/aromatic N) is 3. The number of nitrogens with one attached hydrogen (secondary N) is 4. The van der Waals surface area contributed by atoms with E-state index in [1.54, 1.807) is 24.5 Å². The minimum absolute atomic E-state index is 0.0367. The molecule has 14 nitrogen and oxygen atoms in total. The number of hydrogen-bond donors (Lipinski definition) is 7. The third-order valence-electron chi connectivity index (χ3n) is 8.03. The van der Waals surface area contributed by atoms with Gasteiger partial charge < -0.3 is 37.0 Å². The van der Waals surface area contributed by atoms with Gasteiger partial charge in [0.1, 0.15) is 11.4 Å². The number of amidine groups is 2.